The van der Waals surface area contributed by atoms with Crippen LogP contribution in [0.2, 0.25) is 0 Å². The first-order valence-electron chi connectivity index (χ1n) is 42.0. The summed E-state index contributed by atoms with van der Waals surface area (Å²) in [5.41, 5.74) is 30.7. The van der Waals surface area contributed by atoms with Crippen molar-refractivity contribution in [1.29, 1.82) is 0 Å². The van der Waals surface area contributed by atoms with E-state index in [2.05, 4.69) is 400 Å². The highest BCUT2D eigenvalue weighted by Crippen LogP contribution is 2.43. The molecule has 6 heterocycles. The molecule has 0 fully saturated rings. The third-order valence-corrected chi connectivity index (χ3v) is 24.1. The lowest BCUT2D eigenvalue weighted by Crippen LogP contribution is -2.00. The molecule has 124 heavy (non-hydrogen) atoms. The van der Waals surface area contributed by atoms with Crippen molar-refractivity contribution in [3.8, 4) is 135 Å². The van der Waals surface area contributed by atoms with E-state index in [1.54, 1.807) is 0 Å². The van der Waals surface area contributed by atoms with E-state index in [0.29, 0.717) is 23.3 Å². The minimum atomic E-state index is 0.627. The van der Waals surface area contributed by atoms with Gasteiger partial charge in [-0.25, -0.2) is 24.9 Å². The molecule has 0 unspecified atom stereocenters. The lowest BCUT2D eigenvalue weighted by Gasteiger charge is -2.15. The summed E-state index contributed by atoms with van der Waals surface area (Å²) in [4.78, 5) is 25.2. The molecule has 0 N–H and O–H groups in total. The number of aromatic nitrogens is 9. The number of hydrogen-bond acceptors (Lipinski definition) is 5. The molecule has 0 aliphatic carbocycles. The van der Waals surface area contributed by atoms with Gasteiger partial charge in [0.25, 0.3) is 0 Å². The summed E-state index contributed by atoms with van der Waals surface area (Å²) in [5, 5.41) is 9.92. The van der Waals surface area contributed by atoms with Crippen molar-refractivity contribution in [3.05, 3.63) is 455 Å². The lowest BCUT2D eigenvalue weighted by molar-refractivity contribution is 1.07. The van der Waals surface area contributed by atoms with Crippen LogP contribution in [0.5, 0.6) is 0 Å². The maximum absolute atomic E-state index is 5.09. The molecule has 0 spiro atoms. The van der Waals surface area contributed by atoms with E-state index < -0.39 is 0 Å². The van der Waals surface area contributed by atoms with Crippen molar-refractivity contribution in [2.75, 3.05) is 0 Å². The second-order valence-corrected chi connectivity index (χ2v) is 31.5. The maximum atomic E-state index is 5.09. The van der Waals surface area contributed by atoms with Crippen molar-refractivity contribution in [2.45, 2.75) is 0 Å². The van der Waals surface area contributed by atoms with E-state index in [9.17, 15) is 0 Å². The van der Waals surface area contributed by atoms with Gasteiger partial charge in [0.15, 0.2) is 23.3 Å². The highest BCUT2D eigenvalue weighted by Gasteiger charge is 2.23. The van der Waals surface area contributed by atoms with Gasteiger partial charge < -0.3 is 18.3 Å². The van der Waals surface area contributed by atoms with Crippen molar-refractivity contribution in [3.63, 3.8) is 0 Å². The molecule has 0 saturated heterocycles. The van der Waals surface area contributed by atoms with Crippen LogP contribution in [0.1, 0.15) is 0 Å². The molecule has 9 heteroatoms. The Morgan fingerprint density at radius 1 is 0.137 bits per heavy atom. The monoisotopic (exact) mass is 1580 g/mol. The van der Waals surface area contributed by atoms with Crippen LogP contribution in [-0.4, -0.2) is 43.2 Å². The molecule has 18 aromatic carbocycles. The van der Waals surface area contributed by atoms with Crippen molar-refractivity contribution < 1.29 is 0 Å². The summed E-state index contributed by atoms with van der Waals surface area (Å²) in [6, 6.07) is 162. The van der Waals surface area contributed by atoms with Crippen LogP contribution in [0, 0.1) is 0 Å². The average molecular weight is 1580 g/mol. The minimum absolute atomic E-state index is 0.627. The average Bonchev–Trinajstić information content (AvgIpc) is 1.60. The van der Waals surface area contributed by atoms with Gasteiger partial charge >= 0.3 is 0 Å². The molecule has 9 nitrogen and oxygen atoms in total. The van der Waals surface area contributed by atoms with E-state index >= 15 is 0 Å². The summed E-state index contributed by atoms with van der Waals surface area (Å²) < 4.78 is 9.60. The van der Waals surface area contributed by atoms with E-state index in [4.69, 9.17) is 24.9 Å². The number of fused-ring (bicyclic) bond motifs is 12. The van der Waals surface area contributed by atoms with E-state index in [0.717, 1.165) is 112 Å². The van der Waals surface area contributed by atoms with Gasteiger partial charge in [0.1, 0.15) is 0 Å². The van der Waals surface area contributed by atoms with Crippen LogP contribution in [0.3, 0.4) is 0 Å². The Hall–Kier alpha value is -16.8. The molecular formula is C115H75N9. The Bertz CT molecular complexity index is 8000. The summed E-state index contributed by atoms with van der Waals surface area (Å²) in [7, 11) is 0. The minimum Gasteiger partial charge on any atom is -0.309 e. The fourth-order valence-corrected chi connectivity index (χ4v) is 18.3. The molecule has 24 rings (SSSR count). The van der Waals surface area contributed by atoms with Crippen molar-refractivity contribution in [1.82, 2.24) is 43.2 Å². The predicted octanol–water partition coefficient (Wildman–Crippen LogP) is 29.4. The number of hydrogen-bond donors (Lipinski definition) is 0. The van der Waals surface area contributed by atoms with Gasteiger partial charge in [-0.1, -0.05) is 346 Å². The smallest absolute Gasteiger partial charge is 0.164 e. The maximum Gasteiger partial charge on any atom is 0.164 e. The zero-order valence-corrected chi connectivity index (χ0v) is 67.3. The van der Waals surface area contributed by atoms with Crippen LogP contribution in [-0.2, 0) is 0 Å². The molecule has 0 radical (unpaired) electrons. The van der Waals surface area contributed by atoms with Crippen LogP contribution < -0.4 is 0 Å². The molecule has 0 aliphatic rings. The summed E-state index contributed by atoms with van der Waals surface area (Å²) >= 11 is 0. The van der Waals surface area contributed by atoms with Crippen LogP contribution in [0.4, 0.5) is 0 Å². The zero-order valence-electron chi connectivity index (χ0n) is 67.3. The Morgan fingerprint density at radius 3 is 0.855 bits per heavy atom. The molecule has 6 aromatic heterocycles. The summed E-state index contributed by atoms with van der Waals surface area (Å²) in [5.74, 6) is 2.61. The third-order valence-electron chi connectivity index (χ3n) is 24.1. The van der Waals surface area contributed by atoms with Gasteiger partial charge in [0.05, 0.1) is 61.2 Å². The first-order chi connectivity index (χ1) is 61.5. The van der Waals surface area contributed by atoms with Crippen molar-refractivity contribution >= 4 is 87.2 Å². The standard InChI is InChI=1S/C58H38N4.C57H37N5/c1-3-15-40(16-4-1)52-38-53(41-17-5-2-6-18-41)60-58(59-52)45-21-13-19-42(35-45)39-29-32-46(33-30-39)61-54-26-10-9-25-50(54)51-34-31-44(37-57(51)61)43-20-14-22-47(36-43)62-55-27-11-7-23-48(55)49-24-8-12-28-56(49)62;1-3-17-38(18-4-1)55-58-56(39-19-5-2-6-20-39)60-57(59-55)43-23-15-22-42(35-43)45-25-7-11-29-50(45)62-53-32-14-10-28-48(53)49-34-33-41(37-54(49)62)40-21-16-24-44(36-40)61-51-30-12-8-26-46(51)47-27-9-13-31-52(47)61/h1-38H;1-37H. The molecule has 24 aromatic rings. The van der Waals surface area contributed by atoms with Gasteiger partial charge in [-0.3, -0.25) is 0 Å². The Labute approximate surface area is 716 Å². The van der Waals surface area contributed by atoms with Gasteiger partial charge in [-0.15, -0.1) is 0 Å². The molecule has 0 saturated carbocycles. The summed E-state index contributed by atoms with van der Waals surface area (Å²) in [6.07, 6.45) is 0. The summed E-state index contributed by atoms with van der Waals surface area (Å²) in [6.45, 7) is 0. The molecule has 0 atom stereocenters. The number of para-hydroxylation sites is 7. The largest absolute Gasteiger partial charge is 0.309 e. The molecule has 0 aliphatic heterocycles. The van der Waals surface area contributed by atoms with Crippen LogP contribution in [0.15, 0.2) is 455 Å². The highest BCUT2D eigenvalue weighted by molar-refractivity contribution is 6.14. The Balaban J connectivity index is 0.000000143. The third kappa shape index (κ3) is 13.0. The van der Waals surface area contributed by atoms with Crippen molar-refractivity contribution in [2.24, 2.45) is 0 Å². The molecular weight excluding hydrogens is 1510 g/mol. The first-order valence-corrected chi connectivity index (χ1v) is 42.0. The van der Waals surface area contributed by atoms with Gasteiger partial charge in [0.2, 0.25) is 0 Å². The van der Waals surface area contributed by atoms with E-state index in [1.807, 2.05) is 72.8 Å². The number of benzene rings is 18. The fraction of sp³-hybridized carbons (Fsp3) is 0. The SMILES string of the molecule is c1ccc(-c2cc(-c3ccccc3)nc(-c3cccc(-c4ccc(-n5c6ccccc6c6ccc(-c7cccc(-n8c9ccccc9c9ccccc98)c7)cc65)cc4)c3)n2)cc1.c1ccc(-c2nc(-c3ccccc3)nc(-c3cccc(-c4ccccc4-n4c5ccccc5c5ccc(-c6cccc(-n7c8ccccc8c8ccccc87)c6)cc54)c3)n2)cc1. The predicted molar refractivity (Wildman–Crippen MR) is 514 cm³/mol. The van der Waals surface area contributed by atoms with E-state index in [1.165, 1.54) is 87.3 Å². The lowest BCUT2D eigenvalue weighted by atomic mass is 10.00. The number of rotatable bonds is 14. The topological polar surface area (TPSA) is 84.2 Å². The molecule has 580 valence electrons. The number of nitrogens with zero attached hydrogens (tertiary/aromatic N) is 9. The van der Waals surface area contributed by atoms with Gasteiger partial charge in [-0.2, -0.15) is 0 Å². The van der Waals surface area contributed by atoms with Gasteiger partial charge in [0, 0.05) is 99.1 Å². The quantitative estimate of drug-likeness (QED) is 0.108. The molecule has 0 amide bonds. The van der Waals surface area contributed by atoms with E-state index in [-0.39, 0.29) is 0 Å². The van der Waals surface area contributed by atoms with Crippen LogP contribution >= 0.6 is 0 Å². The second kappa shape index (κ2) is 30.9. The van der Waals surface area contributed by atoms with Gasteiger partial charge in [-0.05, 0) is 148 Å². The fourth-order valence-electron chi connectivity index (χ4n) is 18.3. The Morgan fingerprint density at radius 2 is 0.419 bits per heavy atom. The highest BCUT2D eigenvalue weighted by atomic mass is 15.0. The normalized spacial score (nSPS) is 11.5. The first kappa shape index (κ1) is 72.5. The van der Waals surface area contributed by atoms with Crippen LogP contribution in [0.25, 0.3) is 223 Å². The molecule has 0 bridgehead atoms. The second-order valence-electron chi connectivity index (χ2n) is 31.5. The zero-order chi connectivity index (χ0) is 82.0. The Kier molecular flexibility index (Phi) is 18.0.